The number of rotatable bonds is 4. The number of hydrogen-bond donors (Lipinski definition) is 1. The third kappa shape index (κ3) is 3.11. The lowest BCUT2D eigenvalue weighted by molar-refractivity contribution is 0.219. The van der Waals surface area contributed by atoms with E-state index < -0.39 is 0 Å². The van der Waals surface area contributed by atoms with E-state index in [1.165, 1.54) is 19.3 Å². The largest absolute Gasteiger partial charge is 0.339 e. The number of nitrogens with zero attached hydrogens (tertiary/aromatic N) is 2. The zero-order chi connectivity index (χ0) is 14.7. The van der Waals surface area contributed by atoms with Gasteiger partial charge in [0.25, 0.3) is 0 Å². The first-order chi connectivity index (χ1) is 10.2. The molecular weight excluding hydrogens is 286 g/mol. The molecule has 0 saturated heterocycles. The summed E-state index contributed by atoms with van der Waals surface area (Å²) >= 11 is 6.00. The first kappa shape index (κ1) is 14.5. The smallest absolute Gasteiger partial charge is 0.234 e. The summed E-state index contributed by atoms with van der Waals surface area (Å²) in [5.41, 5.74) is 6.98. The highest BCUT2D eigenvalue weighted by atomic mass is 35.5. The Kier molecular flexibility index (Phi) is 4.27. The lowest BCUT2D eigenvalue weighted by Gasteiger charge is -2.32. The molecule has 1 aromatic heterocycles. The van der Waals surface area contributed by atoms with Crippen LogP contribution < -0.4 is 5.73 Å². The summed E-state index contributed by atoms with van der Waals surface area (Å²) in [6, 6.07) is 7.73. The fraction of sp³-hybridized carbons (Fsp3) is 0.500. The molecule has 1 heterocycles. The van der Waals surface area contributed by atoms with Crippen molar-refractivity contribution in [2.45, 2.75) is 43.9 Å². The van der Waals surface area contributed by atoms with Gasteiger partial charge in [0, 0.05) is 18.0 Å². The van der Waals surface area contributed by atoms with Crippen molar-refractivity contribution >= 4 is 11.6 Å². The maximum atomic E-state index is 6.01. The van der Waals surface area contributed by atoms with Gasteiger partial charge in [-0.05, 0) is 30.5 Å². The Balaban J connectivity index is 1.79. The van der Waals surface area contributed by atoms with Crippen molar-refractivity contribution in [3.05, 3.63) is 46.6 Å². The van der Waals surface area contributed by atoms with E-state index >= 15 is 0 Å². The first-order valence-corrected chi connectivity index (χ1v) is 7.87. The summed E-state index contributed by atoms with van der Waals surface area (Å²) in [6.45, 7) is 0.575. The van der Waals surface area contributed by atoms with Crippen LogP contribution in [0.25, 0.3) is 0 Å². The first-order valence-electron chi connectivity index (χ1n) is 7.49. The van der Waals surface area contributed by atoms with Gasteiger partial charge in [-0.2, -0.15) is 4.98 Å². The van der Waals surface area contributed by atoms with Crippen molar-refractivity contribution in [3.63, 3.8) is 0 Å². The van der Waals surface area contributed by atoms with Crippen LogP contribution in [0.5, 0.6) is 0 Å². The SMILES string of the molecule is NCC1(c2nc(Cc3cccc(Cl)c3)no2)CCCCC1. The third-order valence-electron chi connectivity index (χ3n) is 4.37. The van der Waals surface area contributed by atoms with E-state index in [1.54, 1.807) is 0 Å². The number of hydrogen-bond acceptors (Lipinski definition) is 4. The van der Waals surface area contributed by atoms with Crippen LogP contribution in [0.4, 0.5) is 0 Å². The van der Waals surface area contributed by atoms with Gasteiger partial charge in [0.1, 0.15) is 0 Å². The molecule has 2 aromatic rings. The lowest BCUT2D eigenvalue weighted by Crippen LogP contribution is -2.37. The molecule has 21 heavy (non-hydrogen) atoms. The number of aromatic nitrogens is 2. The molecule has 0 amide bonds. The topological polar surface area (TPSA) is 64.9 Å². The molecule has 1 aromatic carbocycles. The normalized spacial score (nSPS) is 17.8. The van der Waals surface area contributed by atoms with Gasteiger partial charge in [0.15, 0.2) is 5.82 Å². The van der Waals surface area contributed by atoms with Gasteiger partial charge in [-0.25, -0.2) is 0 Å². The van der Waals surface area contributed by atoms with Crippen molar-refractivity contribution in [2.24, 2.45) is 5.73 Å². The second-order valence-corrected chi connectivity index (χ2v) is 6.30. The number of benzene rings is 1. The zero-order valence-electron chi connectivity index (χ0n) is 12.0. The van der Waals surface area contributed by atoms with Gasteiger partial charge in [-0.1, -0.05) is 48.2 Å². The summed E-state index contributed by atoms with van der Waals surface area (Å²) < 4.78 is 5.53. The minimum absolute atomic E-state index is 0.113. The van der Waals surface area contributed by atoms with Gasteiger partial charge in [0.2, 0.25) is 5.89 Å². The molecule has 0 bridgehead atoms. The molecule has 4 nitrogen and oxygen atoms in total. The minimum atomic E-state index is -0.113. The molecule has 112 valence electrons. The molecule has 3 rings (SSSR count). The Morgan fingerprint density at radius 1 is 1.24 bits per heavy atom. The van der Waals surface area contributed by atoms with Crippen LogP contribution in [-0.2, 0) is 11.8 Å². The monoisotopic (exact) mass is 305 g/mol. The van der Waals surface area contributed by atoms with Gasteiger partial charge >= 0.3 is 0 Å². The Labute approximate surface area is 129 Å². The summed E-state index contributed by atoms with van der Waals surface area (Å²) in [7, 11) is 0. The molecule has 0 atom stereocenters. The second-order valence-electron chi connectivity index (χ2n) is 5.87. The molecule has 1 fully saturated rings. The van der Waals surface area contributed by atoms with Crippen molar-refractivity contribution in [2.75, 3.05) is 6.54 Å². The maximum absolute atomic E-state index is 6.01. The molecule has 1 aliphatic carbocycles. The quantitative estimate of drug-likeness (QED) is 0.939. The Hall–Kier alpha value is -1.39. The fourth-order valence-electron chi connectivity index (χ4n) is 3.10. The van der Waals surface area contributed by atoms with E-state index in [1.807, 2.05) is 24.3 Å². The van der Waals surface area contributed by atoms with Crippen molar-refractivity contribution in [1.82, 2.24) is 10.1 Å². The van der Waals surface area contributed by atoms with Crippen LogP contribution in [0.2, 0.25) is 5.02 Å². The fourth-order valence-corrected chi connectivity index (χ4v) is 3.32. The van der Waals surface area contributed by atoms with Gasteiger partial charge in [-0.3, -0.25) is 0 Å². The zero-order valence-corrected chi connectivity index (χ0v) is 12.8. The summed E-state index contributed by atoms with van der Waals surface area (Å²) in [6.07, 6.45) is 6.35. The van der Waals surface area contributed by atoms with E-state index in [9.17, 15) is 0 Å². The Morgan fingerprint density at radius 2 is 2.05 bits per heavy atom. The Morgan fingerprint density at radius 3 is 2.76 bits per heavy atom. The second kappa shape index (κ2) is 6.16. The summed E-state index contributed by atoms with van der Waals surface area (Å²) in [5.74, 6) is 1.41. The van der Waals surface area contributed by atoms with Gasteiger partial charge in [0.05, 0.1) is 5.41 Å². The molecule has 1 aliphatic rings. The average Bonchev–Trinajstić information content (AvgIpc) is 2.97. The number of halogens is 1. The van der Waals surface area contributed by atoms with Crippen LogP contribution in [0, 0.1) is 0 Å². The van der Waals surface area contributed by atoms with E-state index in [-0.39, 0.29) is 5.41 Å². The van der Waals surface area contributed by atoms with Gasteiger partial charge in [-0.15, -0.1) is 0 Å². The van der Waals surface area contributed by atoms with Crippen LogP contribution in [0.1, 0.15) is 49.4 Å². The van der Waals surface area contributed by atoms with E-state index in [4.69, 9.17) is 21.9 Å². The molecule has 1 saturated carbocycles. The molecule has 5 heteroatoms. The highest BCUT2D eigenvalue weighted by Gasteiger charge is 2.37. The van der Waals surface area contributed by atoms with Crippen LogP contribution in [0.15, 0.2) is 28.8 Å². The molecule has 0 unspecified atom stereocenters. The van der Waals surface area contributed by atoms with E-state index in [0.717, 1.165) is 23.4 Å². The third-order valence-corrected chi connectivity index (χ3v) is 4.61. The summed E-state index contributed by atoms with van der Waals surface area (Å²) in [5, 5.41) is 4.85. The molecule has 0 aliphatic heterocycles. The molecular formula is C16H20ClN3O. The van der Waals surface area contributed by atoms with Crippen molar-refractivity contribution in [3.8, 4) is 0 Å². The van der Waals surface area contributed by atoms with Crippen molar-refractivity contribution < 1.29 is 4.52 Å². The highest BCUT2D eigenvalue weighted by Crippen LogP contribution is 2.37. The standard InChI is InChI=1S/C16H20ClN3O/c17-13-6-4-5-12(9-13)10-14-19-15(21-20-14)16(11-18)7-2-1-3-8-16/h4-6,9H,1-3,7-8,10-11,18H2. The predicted octanol–water partition coefficient (Wildman–Crippen LogP) is 3.47. The van der Waals surface area contributed by atoms with Crippen LogP contribution in [0.3, 0.4) is 0 Å². The highest BCUT2D eigenvalue weighted by molar-refractivity contribution is 6.30. The van der Waals surface area contributed by atoms with Crippen molar-refractivity contribution in [1.29, 1.82) is 0 Å². The molecule has 0 spiro atoms. The Bertz CT molecular complexity index is 605. The van der Waals surface area contributed by atoms with E-state index in [2.05, 4.69) is 10.1 Å². The average molecular weight is 306 g/mol. The lowest BCUT2D eigenvalue weighted by atomic mass is 9.74. The van der Waals surface area contributed by atoms with Crippen LogP contribution in [-0.4, -0.2) is 16.7 Å². The minimum Gasteiger partial charge on any atom is -0.339 e. The van der Waals surface area contributed by atoms with Crippen LogP contribution >= 0.6 is 11.6 Å². The predicted molar refractivity (Wildman–Crippen MR) is 82.4 cm³/mol. The molecule has 2 N–H and O–H groups in total. The van der Waals surface area contributed by atoms with E-state index in [0.29, 0.717) is 24.7 Å². The number of nitrogens with two attached hydrogens (primary N) is 1. The maximum Gasteiger partial charge on any atom is 0.234 e. The molecule has 0 radical (unpaired) electrons. The summed E-state index contributed by atoms with van der Waals surface area (Å²) in [4.78, 5) is 4.60. The van der Waals surface area contributed by atoms with Gasteiger partial charge < -0.3 is 10.3 Å².